The molecule has 0 radical (unpaired) electrons. The molecule has 3 aromatic rings. The smallest absolute Gasteiger partial charge is 0.233 e. The Morgan fingerprint density at radius 3 is 2.10 bits per heavy atom. The van der Waals surface area contributed by atoms with Gasteiger partial charge in [0.2, 0.25) is 17.5 Å². The quantitative estimate of drug-likeness (QED) is 0.546. The molecule has 2 aromatic carbocycles. The predicted molar refractivity (Wildman–Crippen MR) is 60.9 cm³/mol. The topological polar surface area (TPSA) is 46.3 Å². The fraction of sp³-hybridized carbons (Fsp3) is 0. The number of hydrogen-bond acceptors (Lipinski definition) is 3. The Morgan fingerprint density at radius 1 is 0.900 bits per heavy atom. The van der Waals surface area contributed by atoms with E-state index in [1.807, 2.05) is 0 Å². The van der Waals surface area contributed by atoms with E-state index in [0.717, 1.165) is 0 Å². The van der Waals surface area contributed by atoms with Gasteiger partial charge in [-0.15, -0.1) is 0 Å². The van der Waals surface area contributed by atoms with Crippen molar-refractivity contribution in [2.75, 3.05) is 0 Å². The molecule has 0 amide bonds. The molecule has 1 aromatic heterocycles. The van der Waals surface area contributed by atoms with Crippen LogP contribution in [0.2, 0.25) is 0 Å². The van der Waals surface area contributed by atoms with E-state index < -0.39 is 40.5 Å². The van der Waals surface area contributed by atoms with Gasteiger partial charge in [0.1, 0.15) is 11.1 Å². The van der Waals surface area contributed by atoms with Crippen LogP contribution in [-0.4, -0.2) is 10.1 Å². The maximum atomic E-state index is 13.7. The highest BCUT2D eigenvalue weighted by Crippen LogP contribution is 2.35. The maximum absolute atomic E-state index is 13.7. The molecule has 1 heterocycles. The summed E-state index contributed by atoms with van der Waals surface area (Å²) in [4.78, 5) is 3.75. The molecule has 3 rings (SSSR count). The second-order valence-corrected chi connectivity index (χ2v) is 3.97. The highest BCUT2D eigenvalue weighted by Gasteiger charge is 2.28. The van der Waals surface area contributed by atoms with E-state index in [0.29, 0.717) is 0 Å². The normalized spacial score (nSPS) is 11.2. The lowest BCUT2D eigenvalue weighted by molar-refractivity contribution is 0.357. The van der Waals surface area contributed by atoms with Crippen molar-refractivity contribution in [3.8, 4) is 17.2 Å². The van der Waals surface area contributed by atoms with Crippen LogP contribution in [0.25, 0.3) is 22.6 Å². The first kappa shape index (κ1) is 12.5. The Bertz CT molecular complexity index is 767. The number of fused-ring (bicyclic) bond motifs is 1. The number of halogens is 4. The SMILES string of the molecule is Oc1c(F)c(F)c(-c2nc3ccccc3o2)c(F)c1F. The van der Waals surface area contributed by atoms with Gasteiger partial charge in [-0.3, -0.25) is 0 Å². The number of aromatic hydroxyl groups is 1. The highest BCUT2D eigenvalue weighted by molar-refractivity contribution is 5.76. The monoisotopic (exact) mass is 283 g/mol. The molecular formula is C13H5F4NO2. The van der Waals surface area contributed by atoms with Gasteiger partial charge >= 0.3 is 0 Å². The fourth-order valence-corrected chi connectivity index (χ4v) is 1.79. The predicted octanol–water partition coefficient (Wildman–Crippen LogP) is 3.76. The van der Waals surface area contributed by atoms with E-state index in [-0.39, 0.29) is 11.1 Å². The highest BCUT2D eigenvalue weighted by atomic mass is 19.2. The fourth-order valence-electron chi connectivity index (χ4n) is 1.79. The van der Waals surface area contributed by atoms with Gasteiger partial charge in [0.05, 0.1) is 0 Å². The van der Waals surface area contributed by atoms with Gasteiger partial charge < -0.3 is 9.52 Å². The van der Waals surface area contributed by atoms with Crippen LogP contribution in [0.3, 0.4) is 0 Å². The second-order valence-electron chi connectivity index (χ2n) is 3.97. The van der Waals surface area contributed by atoms with Crippen molar-refractivity contribution in [1.82, 2.24) is 4.98 Å². The lowest BCUT2D eigenvalue weighted by Crippen LogP contribution is -2.00. The Kier molecular flexibility index (Phi) is 2.63. The summed E-state index contributed by atoms with van der Waals surface area (Å²) in [5.74, 6) is -9.68. The standard InChI is InChI=1S/C13H5F4NO2/c14-8-7(9(15)11(17)12(19)10(8)16)13-18-5-3-1-2-4-6(5)20-13/h1-4,19H. The van der Waals surface area contributed by atoms with Gasteiger partial charge in [0, 0.05) is 0 Å². The summed E-state index contributed by atoms with van der Waals surface area (Å²) in [5.41, 5.74) is -0.626. The number of hydrogen-bond donors (Lipinski definition) is 1. The Hall–Kier alpha value is -2.57. The van der Waals surface area contributed by atoms with Crippen molar-refractivity contribution >= 4 is 11.1 Å². The van der Waals surface area contributed by atoms with Crippen molar-refractivity contribution in [2.45, 2.75) is 0 Å². The third-order valence-corrected chi connectivity index (χ3v) is 2.75. The molecule has 0 aliphatic carbocycles. The molecule has 0 fully saturated rings. The molecule has 0 bridgehead atoms. The summed E-state index contributed by atoms with van der Waals surface area (Å²) in [6.45, 7) is 0. The van der Waals surface area contributed by atoms with E-state index in [9.17, 15) is 17.6 Å². The number of oxazole rings is 1. The van der Waals surface area contributed by atoms with Gasteiger partial charge in [-0.25, -0.2) is 13.8 Å². The van der Waals surface area contributed by atoms with Crippen LogP contribution in [0.15, 0.2) is 28.7 Å². The molecule has 0 saturated heterocycles. The molecule has 3 nitrogen and oxygen atoms in total. The Morgan fingerprint density at radius 2 is 1.50 bits per heavy atom. The van der Waals surface area contributed by atoms with Crippen molar-refractivity contribution in [2.24, 2.45) is 0 Å². The summed E-state index contributed by atoms with van der Waals surface area (Å²) < 4.78 is 59.0. The van der Waals surface area contributed by atoms with Crippen molar-refractivity contribution < 1.29 is 27.1 Å². The molecule has 20 heavy (non-hydrogen) atoms. The Balaban J connectivity index is 2.34. The van der Waals surface area contributed by atoms with Crippen molar-refractivity contribution in [3.05, 3.63) is 47.5 Å². The molecule has 0 atom stereocenters. The zero-order valence-electron chi connectivity index (χ0n) is 9.62. The minimum atomic E-state index is -1.90. The number of benzene rings is 2. The summed E-state index contributed by atoms with van der Waals surface area (Å²) in [7, 11) is 0. The largest absolute Gasteiger partial charge is 0.503 e. The van der Waals surface area contributed by atoms with E-state index in [1.165, 1.54) is 12.1 Å². The number of phenolic OH excluding ortho intramolecular Hbond substituents is 1. The van der Waals surface area contributed by atoms with E-state index in [2.05, 4.69) is 4.98 Å². The minimum absolute atomic E-state index is 0.204. The van der Waals surface area contributed by atoms with E-state index >= 15 is 0 Å². The zero-order chi connectivity index (χ0) is 14.4. The second kappa shape index (κ2) is 4.22. The van der Waals surface area contributed by atoms with Gasteiger partial charge in [-0.1, -0.05) is 12.1 Å². The lowest BCUT2D eigenvalue weighted by Gasteiger charge is -2.05. The van der Waals surface area contributed by atoms with Crippen LogP contribution in [0.1, 0.15) is 0 Å². The van der Waals surface area contributed by atoms with Gasteiger partial charge in [0.25, 0.3) is 0 Å². The first-order valence-electron chi connectivity index (χ1n) is 5.41. The molecule has 0 unspecified atom stereocenters. The van der Waals surface area contributed by atoms with Gasteiger partial charge in [0.15, 0.2) is 23.0 Å². The van der Waals surface area contributed by atoms with Crippen LogP contribution in [0.5, 0.6) is 5.75 Å². The minimum Gasteiger partial charge on any atom is -0.503 e. The summed E-state index contributed by atoms with van der Waals surface area (Å²) in [6, 6.07) is 6.20. The number of phenols is 1. The molecule has 1 N–H and O–H groups in total. The van der Waals surface area contributed by atoms with Crippen LogP contribution >= 0.6 is 0 Å². The van der Waals surface area contributed by atoms with E-state index in [4.69, 9.17) is 9.52 Å². The number of para-hydroxylation sites is 2. The number of nitrogens with zero attached hydrogens (tertiary/aromatic N) is 1. The van der Waals surface area contributed by atoms with Crippen molar-refractivity contribution in [1.29, 1.82) is 0 Å². The third kappa shape index (κ3) is 1.63. The maximum Gasteiger partial charge on any atom is 0.233 e. The van der Waals surface area contributed by atoms with E-state index in [1.54, 1.807) is 12.1 Å². The molecule has 102 valence electrons. The first-order chi connectivity index (χ1) is 9.50. The van der Waals surface area contributed by atoms with Crippen LogP contribution in [0, 0.1) is 23.3 Å². The molecule has 0 saturated carbocycles. The molecule has 0 aliphatic rings. The lowest BCUT2D eigenvalue weighted by atomic mass is 10.1. The Labute approximate surface area is 109 Å². The summed E-state index contributed by atoms with van der Waals surface area (Å²) in [5, 5.41) is 8.90. The third-order valence-electron chi connectivity index (χ3n) is 2.75. The van der Waals surface area contributed by atoms with Gasteiger partial charge in [-0.05, 0) is 12.1 Å². The first-order valence-corrected chi connectivity index (χ1v) is 5.41. The number of aromatic nitrogens is 1. The average Bonchev–Trinajstić information content (AvgIpc) is 2.86. The summed E-state index contributed by atoms with van der Waals surface area (Å²) in [6.07, 6.45) is 0. The molecule has 7 heteroatoms. The molecule has 0 spiro atoms. The molecular weight excluding hydrogens is 278 g/mol. The zero-order valence-corrected chi connectivity index (χ0v) is 9.62. The van der Waals surface area contributed by atoms with Crippen LogP contribution < -0.4 is 0 Å². The molecule has 0 aliphatic heterocycles. The van der Waals surface area contributed by atoms with Crippen molar-refractivity contribution in [3.63, 3.8) is 0 Å². The summed E-state index contributed by atoms with van der Waals surface area (Å²) >= 11 is 0. The van der Waals surface area contributed by atoms with Gasteiger partial charge in [-0.2, -0.15) is 8.78 Å². The van der Waals surface area contributed by atoms with Crippen LogP contribution in [0.4, 0.5) is 17.6 Å². The average molecular weight is 283 g/mol. The number of rotatable bonds is 1. The van der Waals surface area contributed by atoms with Crippen LogP contribution in [-0.2, 0) is 0 Å².